The minimum Gasteiger partial charge on any atom is -0.444 e. The highest BCUT2D eigenvalue weighted by Crippen LogP contribution is 2.21. The van der Waals surface area contributed by atoms with Gasteiger partial charge in [0.15, 0.2) is 0 Å². The van der Waals surface area contributed by atoms with Crippen molar-refractivity contribution in [2.24, 2.45) is 0 Å². The lowest BCUT2D eigenvalue weighted by Crippen LogP contribution is -2.58. The molecule has 4 aromatic carbocycles. The van der Waals surface area contributed by atoms with E-state index >= 15 is 0 Å². The van der Waals surface area contributed by atoms with Crippen LogP contribution in [0.15, 0.2) is 134 Å². The molecule has 0 spiro atoms. The van der Waals surface area contributed by atoms with Crippen molar-refractivity contribution in [2.75, 3.05) is 0 Å². The molecule has 0 saturated heterocycles. The first kappa shape index (κ1) is 41.7. The van der Waals surface area contributed by atoms with E-state index in [2.05, 4.69) is 46.2 Å². The summed E-state index contributed by atoms with van der Waals surface area (Å²) in [5.41, 5.74) is 4.56. The van der Waals surface area contributed by atoms with Crippen molar-refractivity contribution in [1.29, 1.82) is 0 Å². The van der Waals surface area contributed by atoms with Gasteiger partial charge in [0.05, 0.1) is 0 Å². The van der Waals surface area contributed by atoms with E-state index in [9.17, 15) is 19.2 Å². The van der Waals surface area contributed by atoms with Gasteiger partial charge in [-0.3, -0.25) is 14.4 Å². The molecule has 7 rings (SSSR count). The monoisotopic (exact) mass is 819 g/mol. The molecule has 0 unspecified atom stereocenters. The molecular weight excluding hydrogens is 771 g/mol. The van der Waals surface area contributed by atoms with Crippen LogP contribution in [0.4, 0.5) is 4.79 Å². The summed E-state index contributed by atoms with van der Waals surface area (Å²) < 4.78 is 5.55. The molecule has 7 N–H and O–H groups in total. The summed E-state index contributed by atoms with van der Waals surface area (Å²) in [7, 11) is 0. The number of hydrogen-bond acceptors (Lipinski definition) is 7. The fourth-order valence-electron chi connectivity index (χ4n) is 6.90. The topological polar surface area (TPSA) is 199 Å². The number of imidazole rings is 2. The quantitative estimate of drug-likeness (QED) is 0.0606. The van der Waals surface area contributed by atoms with E-state index in [0.29, 0.717) is 23.0 Å². The van der Waals surface area contributed by atoms with Crippen molar-refractivity contribution in [1.82, 2.24) is 46.2 Å². The summed E-state index contributed by atoms with van der Waals surface area (Å²) in [6, 6.07) is 32.7. The second-order valence-electron chi connectivity index (χ2n) is 15.7. The first-order valence-corrected chi connectivity index (χ1v) is 20.1. The van der Waals surface area contributed by atoms with Crippen LogP contribution in [-0.2, 0) is 44.9 Å². The number of aromatic nitrogens is 5. The van der Waals surface area contributed by atoms with Gasteiger partial charge < -0.3 is 41.0 Å². The number of alkyl carbamates (subject to hydrolysis) is 1. The Morgan fingerprint density at radius 3 is 1.66 bits per heavy atom. The van der Waals surface area contributed by atoms with Crippen molar-refractivity contribution < 1.29 is 23.9 Å². The van der Waals surface area contributed by atoms with Gasteiger partial charge in [-0.05, 0) is 38.0 Å². The van der Waals surface area contributed by atoms with Gasteiger partial charge in [0.25, 0.3) is 0 Å². The number of rotatable bonds is 16. The number of amides is 4. The van der Waals surface area contributed by atoms with Crippen molar-refractivity contribution in [2.45, 2.75) is 70.3 Å². The van der Waals surface area contributed by atoms with E-state index in [1.165, 1.54) is 0 Å². The number of H-pyrrole nitrogens is 3. The summed E-state index contributed by atoms with van der Waals surface area (Å²) >= 11 is 0. The molecule has 312 valence electrons. The number of ether oxygens (including phenoxy) is 1. The van der Waals surface area contributed by atoms with Crippen LogP contribution < -0.4 is 21.3 Å². The molecule has 0 fully saturated rings. The van der Waals surface area contributed by atoms with Crippen molar-refractivity contribution in [3.05, 3.63) is 156 Å². The van der Waals surface area contributed by atoms with Crippen LogP contribution in [0.2, 0.25) is 0 Å². The second kappa shape index (κ2) is 19.1. The van der Waals surface area contributed by atoms with Crippen LogP contribution in [0.5, 0.6) is 0 Å². The fraction of sp³-hybridized carbons (Fsp3) is 0.234. The maximum atomic E-state index is 14.6. The summed E-state index contributed by atoms with van der Waals surface area (Å²) in [4.78, 5) is 75.1. The zero-order valence-electron chi connectivity index (χ0n) is 34.2. The Morgan fingerprint density at radius 2 is 1.10 bits per heavy atom. The molecule has 61 heavy (non-hydrogen) atoms. The molecule has 14 nitrogen and oxygen atoms in total. The molecule has 0 saturated carbocycles. The molecule has 0 bridgehead atoms. The summed E-state index contributed by atoms with van der Waals surface area (Å²) in [5, 5.41) is 12.4. The number of fused-ring (bicyclic) bond motifs is 1. The standard InChI is InChI=1S/C47H49N9O5/c1-47(2,3)61-46(60)56-40(25-35-29-50-42(53-35)32-19-11-6-12-20-32)45(59)54-38(23-33-27-48-37-22-14-13-21-36(33)37)44(58)55-39(43(57)51-26-30-15-7-4-8-16-30)24-34-28-49-41(52-34)31-17-9-5-10-18-31/h4-22,27-29,38-40,48H,23-26H2,1-3H3,(H,49,52)(H,50,53)(H,51,57)(H,54,59)(H,55,58)(H,56,60)/t38-,39-,40-/m0/s1. The average Bonchev–Trinajstić information content (AvgIpc) is 4.03. The van der Waals surface area contributed by atoms with E-state index < -0.39 is 47.5 Å². The third-order valence-electron chi connectivity index (χ3n) is 9.88. The normalized spacial score (nSPS) is 12.8. The van der Waals surface area contributed by atoms with Gasteiger partial charge in [0, 0.05) is 77.8 Å². The van der Waals surface area contributed by atoms with Gasteiger partial charge in [-0.1, -0.05) is 109 Å². The summed E-state index contributed by atoms with van der Waals surface area (Å²) in [5.74, 6) is -0.471. The van der Waals surface area contributed by atoms with Gasteiger partial charge in [0.2, 0.25) is 17.7 Å². The molecule has 0 aliphatic rings. The molecule has 3 heterocycles. The highest BCUT2D eigenvalue weighted by molar-refractivity contribution is 5.95. The zero-order valence-corrected chi connectivity index (χ0v) is 34.2. The largest absolute Gasteiger partial charge is 0.444 e. The Morgan fingerprint density at radius 1 is 0.607 bits per heavy atom. The molecule has 0 aliphatic carbocycles. The maximum absolute atomic E-state index is 14.6. The smallest absolute Gasteiger partial charge is 0.408 e. The maximum Gasteiger partial charge on any atom is 0.408 e. The first-order chi connectivity index (χ1) is 29.5. The van der Waals surface area contributed by atoms with E-state index in [1.54, 1.807) is 39.4 Å². The number of benzene rings is 4. The second-order valence-corrected chi connectivity index (χ2v) is 15.7. The molecule has 3 aromatic heterocycles. The van der Waals surface area contributed by atoms with Gasteiger partial charge in [-0.15, -0.1) is 0 Å². The van der Waals surface area contributed by atoms with Gasteiger partial charge in [-0.2, -0.15) is 0 Å². The Hall–Kier alpha value is -7.48. The van der Waals surface area contributed by atoms with E-state index in [1.807, 2.05) is 115 Å². The van der Waals surface area contributed by atoms with Crippen LogP contribution in [0.3, 0.4) is 0 Å². The van der Waals surface area contributed by atoms with Crippen molar-refractivity contribution in [3.63, 3.8) is 0 Å². The molecule has 0 aliphatic heterocycles. The Balaban J connectivity index is 1.17. The molecule has 3 atom stereocenters. The number of nitrogens with zero attached hydrogens (tertiary/aromatic N) is 2. The third kappa shape index (κ3) is 11.4. The summed E-state index contributed by atoms with van der Waals surface area (Å²) in [6.45, 7) is 5.41. The molecule has 0 radical (unpaired) electrons. The van der Waals surface area contributed by atoms with E-state index in [4.69, 9.17) is 4.74 Å². The Bertz CT molecular complexity index is 2560. The summed E-state index contributed by atoms with van der Waals surface area (Å²) in [6.07, 6.45) is 4.37. The van der Waals surface area contributed by atoms with Crippen LogP contribution in [0.1, 0.15) is 43.3 Å². The predicted molar refractivity (Wildman–Crippen MR) is 233 cm³/mol. The molecule has 7 aromatic rings. The molecule has 4 amide bonds. The number of aromatic amines is 3. The van der Waals surface area contributed by atoms with Gasteiger partial charge in [-0.25, -0.2) is 14.8 Å². The zero-order chi connectivity index (χ0) is 42.8. The lowest BCUT2D eigenvalue weighted by Gasteiger charge is -2.26. The van der Waals surface area contributed by atoms with E-state index in [-0.39, 0.29) is 25.8 Å². The number of carbonyl (C=O) groups is 4. The van der Waals surface area contributed by atoms with Gasteiger partial charge >= 0.3 is 6.09 Å². The number of hydrogen-bond donors (Lipinski definition) is 7. The third-order valence-corrected chi connectivity index (χ3v) is 9.88. The lowest BCUT2D eigenvalue weighted by atomic mass is 10.0. The predicted octanol–water partition coefficient (Wildman–Crippen LogP) is 6.16. The average molecular weight is 820 g/mol. The Labute approximate surface area is 353 Å². The van der Waals surface area contributed by atoms with Crippen molar-refractivity contribution in [3.8, 4) is 22.8 Å². The SMILES string of the molecule is CC(C)(C)OC(=O)N[C@@H](Cc1cnc(-c2ccccc2)[nH]1)C(=O)N[C@@H](Cc1c[nH]c2ccccc12)C(=O)N[C@@H](Cc1cnc(-c2ccccc2)[nH]1)C(=O)NCc1ccccc1. The highest BCUT2D eigenvalue weighted by atomic mass is 16.6. The number of carbonyl (C=O) groups excluding carboxylic acids is 4. The van der Waals surface area contributed by atoms with Crippen LogP contribution in [0, 0.1) is 0 Å². The minimum absolute atomic E-state index is 0.000420. The lowest BCUT2D eigenvalue weighted by molar-refractivity contribution is -0.132. The molecular formula is C47H49N9O5. The van der Waals surface area contributed by atoms with Crippen LogP contribution in [-0.4, -0.2) is 72.5 Å². The van der Waals surface area contributed by atoms with Crippen molar-refractivity contribution >= 4 is 34.7 Å². The first-order valence-electron chi connectivity index (χ1n) is 20.1. The fourth-order valence-corrected chi connectivity index (χ4v) is 6.90. The van der Waals surface area contributed by atoms with Gasteiger partial charge in [0.1, 0.15) is 35.4 Å². The Kier molecular flexibility index (Phi) is 13.0. The number of nitrogens with one attached hydrogen (secondary N) is 7. The highest BCUT2D eigenvalue weighted by Gasteiger charge is 2.32. The van der Waals surface area contributed by atoms with Crippen LogP contribution in [0.25, 0.3) is 33.7 Å². The number of para-hydroxylation sites is 1. The van der Waals surface area contributed by atoms with E-state index in [0.717, 1.165) is 33.2 Å². The van der Waals surface area contributed by atoms with Crippen LogP contribution >= 0.6 is 0 Å². The molecule has 14 heteroatoms. The minimum atomic E-state index is -1.19.